The first-order chi connectivity index (χ1) is 28.5. The average Bonchev–Trinajstić information content (AvgIpc) is 3.26. The summed E-state index contributed by atoms with van der Waals surface area (Å²) in [6, 6.07) is 33.9. The fourth-order valence-electron chi connectivity index (χ4n) is 6.61. The molecule has 0 aliphatic heterocycles. The van der Waals surface area contributed by atoms with Crippen LogP contribution < -0.4 is 18.9 Å². The number of nitrogens with zero attached hydrogens (tertiary/aromatic N) is 1. The number of aromatic nitrogens is 1. The molecular formula is C51H61NO6. The Morgan fingerprint density at radius 1 is 0.414 bits per heavy atom. The zero-order valence-electron chi connectivity index (χ0n) is 34.6. The number of pyridine rings is 1. The van der Waals surface area contributed by atoms with Crippen molar-refractivity contribution in [1.29, 1.82) is 0 Å². The number of unbranched alkanes of at least 4 members (excludes halogenated alkanes) is 10. The van der Waals surface area contributed by atoms with Crippen LogP contribution in [0.3, 0.4) is 0 Å². The van der Waals surface area contributed by atoms with Gasteiger partial charge in [-0.2, -0.15) is 0 Å². The van der Waals surface area contributed by atoms with Gasteiger partial charge in [-0.3, -0.25) is 4.98 Å². The number of aryl methyl sites for hydroxylation is 4. The lowest BCUT2D eigenvalue weighted by atomic mass is 10.0. The minimum Gasteiger partial charge on any atom is -0.494 e. The van der Waals surface area contributed by atoms with Crippen molar-refractivity contribution in [3.8, 4) is 23.0 Å². The third-order valence-electron chi connectivity index (χ3n) is 10.2. The molecule has 0 aliphatic carbocycles. The molecule has 0 spiro atoms. The summed E-state index contributed by atoms with van der Waals surface area (Å²) in [5, 5.41) is 0. The topological polar surface area (TPSA) is 84.0 Å². The van der Waals surface area contributed by atoms with E-state index in [2.05, 4.69) is 26.0 Å². The predicted octanol–water partition coefficient (Wildman–Crippen LogP) is 12.6. The number of hydrogen-bond acceptors (Lipinski definition) is 7. The van der Waals surface area contributed by atoms with Crippen molar-refractivity contribution in [1.82, 2.24) is 4.98 Å². The lowest BCUT2D eigenvalue weighted by Crippen LogP contribution is -2.08. The molecule has 0 bridgehead atoms. The molecule has 0 amide bonds. The number of hydrogen-bond donors (Lipinski definition) is 0. The maximum atomic E-state index is 12.7. The van der Waals surface area contributed by atoms with Crippen LogP contribution in [0.5, 0.6) is 23.0 Å². The first kappa shape index (κ1) is 43.7. The smallest absolute Gasteiger partial charge is 0.343 e. The van der Waals surface area contributed by atoms with Crippen molar-refractivity contribution in [3.63, 3.8) is 0 Å². The zero-order valence-corrected chi connectivity index (χ0v) is 34.6. The highest BCUT2D eigenvalue weighted by molar-refractivity contribution is 5.91. The summed E-state index contributed by atoms with van der Waals surface area (Å²) in [4.78, 5) is 30.1. The van der Waals surface area contributed by atoms with E-state index in [1.165, 1.54) is 69.8 Å². The third-order valence-corrected chi connectivity index (χ3v) is 10.2. The first-order valence-electron chi connectivity index (χ1n) is 21.5. The van der Waals surface area contributed by atoms with Crippen molar-refractivity contribution in [2.24, 2.45) is 0 Å². The molecule has 0 saturated heterocycles. The van der Waals surface area contributed by atoms with Gasteiger partial charge in [0, 0.05) is 11.9 Å². The van der Waals surface area contributed by atoms with Gasteiger partial charge in [0.05, 0.1) is 24.3 Å². The van der Waals surface area contributed by atoms with E-state index in [1.54, 1.807) is 24.3 Å². The maximum absolute atomic E-state index is 12.7. The minimum atomic E-state index is -0.389. The fourth-order valence-corrected chi connectivity index (χ4v) is 6.61. The number of rotatable bonds is 26. The molecule has 7 nitrogen and oxygen atoms in total. The molecule has 1 aromatic heterocycles. The van der Waals surface area contributed by atoms with Crippen LogP contribution in [0, 0.1) is 0 Å². The summed E-state index contributed by atoms with van der Waals surface area (Å²) in [5.41, 5.74) is 5.48. The second kappa shape index (κ2) is 25.0. The molecule has 4 aromatic carbocycles. The monoisotopic (exact) mass is 783 g/mol. The van der Waals surface area contributed by atoms with E-state index in [1.807, 2.05) is 79.0 Å². The van der Waals surface area contributed by atoms with Crippen LogP contribution in [-0.4, -0.2) is 30.1 Å². The summed E-state index contributed by atoms with van der Waals surface area (Å²) < 4.78 is 22.9. The largest absolute Gasteiger partial charge is 0.494 e. The Hall–Kier alpha value is -5.43. The predicted molar refractivity (Wildman–Crippen MR) is 232 cm³/mol. The number of carbonyl (C=O) groups excluding carboxylic acids is 2. The van der Waals surface area contributed by atoms with Crippen molar-refractivity contribution in [2.75, 3.05) is 13.2 Å². The van der Waals surface area contributed by atoms with Crippen molar-refractivity contribution >= 4 is 11.9 Å². The highest BCUT2D eigenvalue weighted by Gasteiger charge is 2.11. The molecule has 5 aromatic rings. The molecule has 0 unspecified atom stereocenters. The summed E-state index contributed by atoms with van der Waals surface area (Å²) in [6.45, 7) is 5.83. The highest BCUT2D eigenvalue weighted by Crippen LogP contribution is 2.21. The van der Waals surface area contributed by atoms with Crippen LogP contribution >= 0.6 is 0 Å². The summed E-state index contributed by atoms with van der Waals surface area (Å²) >= 11 is 0. The van der Waals surface area contributed by atoms with Crippen molar-refractivity contribution < 1.29 is 28.5 Å². The quantitative estimate of drug-likeness (QED) is 0.0314. The van der Waals surface area contributed by atoms with Crippen LogP contribution in [0.2, 0.25) is 0 Å². The Kier molecular flexibility index (Phi) is 18.9. The number of ether oxygens (including phenoxy) is 4. The molecule has 1 heterocycles. The second-order valence-corrected chi connectivity index (χ2v) is 15.0. The lowest BCUT2D eigenvalue weighted by molar-refractivity contribution is 0.0725. The zero-order chi connectivity index (χ0) is 40.6. The molecule has 58 heavy (non-hydrogen) atoms. The van der Waals surface area contributed by atoms with Gasteiger partial charge in [0.25, 0.3) is 0 Å². The fraction of sp³-hybridized carbons (Fsp3) is 0.392. The molecule has 0 saturated carbocycles. The van der Waals surface area contributed by atoms with Crippen LogP contribution in [0.1, 0.15) is 134 Å². The van der Waals surface area contributed by atoms with Crippen LogP contribution in [0.4, 0.5) is 0 Å². The molecule has 0 radical (unpaired) electrons. The van der Waals surface area contributed by atoms with E-state index in [0.717, 1.165) is 66.8 Å². The molecule has 0 N–H and O–H groups in total. The van der Waals surface area contributed by atoms with E-state index in [-0.39, 0.29) is 11.9 Å². The number of benzene rings is 4. The van der Waals surface area contributed by atoms with Crippen LogP contribution in [0.15, 0.2) is 115 Å². The highest BCUT2D eigenvalue weighted by atomic mass is 16.5. The summed E-state index contributed by atoms with van der Waals surface area (Å²) in [7, 11) is 0. The Bertz CT molecular complexity index is 1760. The molecule has 0 aliphatic rings. The molecule has 7 heteroatoms. The molecule has 5 rings (SSSR count). The van der Waals surface area contributed by atoms with Crippen molar-refractivity contribution in [3.05, 3.63) is 149 Å². The third kappa shape index (κ3) is 15.8. The van der Waals surface area contributed by atoms with Gasteiger partial charge in [-0.05, 0) is 134 Å². The Morgan fingerprint density at radius 2 is 0.793 bits per heavy atom. The Balaban J connectivity index is 0.962. The minimum absolute atomic E-state index is 0.388. The molecule has 0 atom stereocenters. The van der Waals surface area contributed by atoms with Gasteiger partial charge in [-0.25, -0.2) is 9.59 Å². The second-order valence-electron chi connectivity index (χ2n) is 15.0. The summed E-state index contributed by atoms with van der Waals surface area (Å²) in [6.07, 6.45) is 20.0. The maximum Gasteiger partial charge on any atom is 0.343 e. The standard InChI is InChI=1S/C51H61NO6/c1-3-5-7-9-11-13-37-55-46-33-23-43(24-34-46)50(53)57-48-29-19-40(20-30-48)15-16-42-18-28-45(52-39-42)27-17-41-21-31-49(32-22-41)58-51(54)44-25-35-47(36-26-44)56-38-14-12-10-8-6-4-2/h18-26,28-36,39H,3-17,27,37-38H2,1-2H3. The molecule has 0 fully saturated rings. The van der Waals surface area contributed by atoms with E-state index in [4.69, 9.17) is 23.9 Å². The van der Waals surface area contributed by atoms with Gasteiger partial charge in [0.1, 0.15) is 23.0 Å². The molecule has 306 valence electrons. The van der Waals surface area contributed by atoms with E-state index < -0.39 is 0 Å². The first-order valence-corrected chi connectivity index (χ1v) is 21.5. The molecular weight excluding hydrogens is 723 g/mol. The summed E-state index contributed by atoms with van der Waals surface area (Å²) in [5.74, 6) is 1.79. The van der Waals surface area contributed by atoms with E-state index in [0.29, 0.717) is 35.8 Å². The van der Waals surface area contributed by atoms with Gasteiger partial charge in [-0.15, -0.1) is 0 Å². The average molecular weight is 784 g/mol. The Morgan fingerprint density at radius 3 is 1.22 bits per heavy atom. The van der Waals surface area contributed by atoms with Crippen molar-refractivity contribution in [2.45, 2.75) is 117 Å². The Labute approximate surface area is 346 Å². The van der Waals surface area contributed by atoms with E-state index in [9.17, 15) is 9.59 Å². The van der Waals surface area contributed by atoms with Gasteiger partial charge in [0.15, 0.2) is 0 Å². The normalized spacial score (nSPS) is 10.9. The van der Waals surface area contributed by atoms with Crippen LogP contribution in [0.25, 0.3) is 0 Å². The SMILES string of the molecule is CCCCCCCCOc1ccc(C(=O)Oc2ccc(CCc3ccc(CCc4ccc(OC(=O)c5ccc(OCCCCCCCC)cc5)cc4)nc3)cc2)cc1. The van der Waals surface area contributed by atoms with Crippen LogP contribution in [-0.2, 0) is 25.7 Å². The number of esters is 2. The number of carbonyl (C=O) groups is 2. The van der Waals surface area contributed by atoms with Gasteiger partial charge < -0.3 is 18.9 Å². The van der Waals surface area contributed by atoms with Gasteiger partial charge in [-0.1, -0.05) is 108 Å². The van der Waals surface area contributed by atoms with E-state index >= 15 is 0 Å². The lowest BCUT2D eigenvalue weighted by Gasteiger charge is -2.09. The van der Waals surface area contributed by atoms with Gasteiger partial charge in [0.2, 0.25) is 0 Å². The van der Waals surface area contributed by atoms with Gasteiger partial charge >= 0.3 is 11.9 Å².